The number of aromatic nitrogens is 2. The second-order valence-corrected chi connectivity index (χ2v) is 3.04. The number of hydrogen-bond donors (Lipinski definition) is 1. The van der Waals surface area contributed by atoms with E-state index in [2.05, 4.69) is 15.3 Å². The number of alkyl halides is 3. The van der Waals surface area contributed by atoms with Crippen molar-refractivity contribution in [2.24, 2.45) is 0 Å². The zero-order valence-corrected chi connectivity index (χ0v) is 11.0. The van der Waals surface area contributed by atoms with Crippen molar-refractivity contribution in [3.63, 3.8) is 0 Å². The number of allylic oxidation sites excluding steroid dienone is 1. The third kappa shape index (κ3) is 5.98. The van der Waals surface area contributed by atoms with E-state index >= 15 is 0 Å². The highest BCUT2D eigenvalue weighted by Crippen LogP contribution is 2.26. The summed E-state index contributed by atoms with van der Waals surface area (Å²) in [6.07, 6.45) is -0.333. The van der Waals surface area contributed by atoms with Crippen LogP contribution in [0.5, 0.6) is 0 Å². The quantitative estimate of drug-likeness (QED) is 0.863. The van der Waals surface area contributed by atoms with Crippen LogP contribution in [0.2, 0.25) is 0 Å². The fraction of sp³-hybridized carbons (Fsp3) is 0.417. The van der Waals surface area contributed by atoms with Crippen LogP contribution in [0.3, 0.4) is 0 Å². The van der Waals surface area contributed by atoms with E-state index in [-0.39, 0.29) is 6.54 Å². The highest BCUT2D eigenvalue weighted by atomic mass is 19.4. The van der Waals surface area contributed by atoms with Gasteiger partial charge in [-0.05, 0) is 13.0 Å². The van der Waals surface area contributed by atoms with Crippen molar-refractivity contribution < 1.29 is 18.0 Å². The number of nitrogens with zero attached hydrogens (tertiary/aromatic N) is 2. The molecule has 0 aromatic carbocycles. The summed E-state index contributed by atoms with van der Waals surface area (Å²) >= 11 is 0. The first-order valence-corrected chi connectivity index (χ1v) is 5.74. The fourth-order valence-electron chi connectivity index (χ4n) is 0.975. The van der Waals surface area contributed by atoms with E-state index in [1.165, 1.54) is 0 Å². The summed E-state index contributed by atoms with van der Waals surface area (Å²) in [4.78, 5) is 18.0. The molecule has 1 amide bonds. The average Bonchev–Trinajstić information content (AvgIpc) is 2.40. The van der Waals surface area contributed by atoms with Crippen LogP contribution >= 0.6 is 0 Å². The number of carbonyl (C=O) groups excluding carboxylic acids is 1. The van der Waals surface area contributed by atoms with Crippen LogP contribution in [0.25, 0.3) is 0 Å². The van der Waals surface area contributed by atoms with Gasteiger partial charge >= 0.3 is 6.18 Å². The van der Waals surface area contributed by atoms with E-state index in [0.717, 1.165) is 6.20 Å². The number of amides is 1. The van der Waals surface area contributed by atoms with E-state index in [0.29, 0.717) is 6.07 Å². The summed E-state index contributed by atoms with van der Waals surface area (Å²) in [5.74, 6) is -1.24. The van der Waals surface area contributed by atoms with Crippen molar-refractivity contribution in [2.45, 2.75) is 26.9 Å². The molecule has 0 unspecified atom stereocenters. The summed E-state index contributed by atoms with van der Waals surface area (Å²) in [5.41, 5.74) is -1.14. The third-order valence-electron chi connectivity index (χ3n) is 1.77. The predicted octanol–water partition coefficient (Wildman–Crippen LogP) is 2.83. The van der Waals surface area contributed by atoms with Gasteiger partial charge in [0.1, 0.15) is 5.69 Å². The Kier molecular flexibility index (Phi) is 7.40. The molecule has 0 aliphatic carbocycles. The molecule has 0 saturated carbocycles. The van der Waals surface area contributed by atoms with E-state index in [1.54, 1.807) is 19.1 Å². The molecule has 106 valence electrons. The van der Waals surface area contributed by atoms with E-state index in [9.17, 15) is 18.0 Å². The van der Waals surface area contributed by atoms with E-state index < -0.39 is 23.6 Å². The zero-order chi connectivity index (χ0) is 14.9. The smallest absolute Gasteiger partial charge is 0.346 e. The van der Waals surface area contributed by atoms with Crippen molar-refractivity contribution in [1.82, 2.24) is 15.3 Å². The molecule has 1 N–H and O–H groups in total. The van der Waals surface area contributed by atoms with Gasteiger partial charge in [-0.1, -0.05) is 26.0 Å². The molecule has 0 radical (unpaired) electrons. The number of nitrogens with one attached hydrogen (secondary N) is 1. The standard InChI is InChI=1S/C10H10F3N3O.C2H6/c1-2-3-5-15-9(17)8-14-6-4-7(16-8)10(11,12)13;1-2/h2-4,6H,5H2,1H3,(H,15,17);1-2H3/b3-2+;. The molecular formula is C12H16F3N3O. The van der Waals surface area contributed by atoms with Crippen LogP contribution in [0, 0.1) is 0 Å². The normalized spacial score (nSPS) is 10.8. The van der Waals surface area contributed by atoms with Crippen molar-refractivity contribution in [1.29, 1.82) is 0 Å². The summed E-state index contributed by atoms with van der Waals surface area (Å²) in [5, 5.41) is 2.36. The molecule has 0 aliphatic heterocycles. The van der Waals surface area contributed by atoms with Crippen molar-refractivity contribution in [2.75, 3.05) is 6.54 Å². The van der Waals surface area contributed by atoms with E-state index in [4.69, 9.17) is 0 Å². The molecule has 0 atom stereocenters. The molecule has 0 saturated heterocycles. The topological polar surface area (TPSA) is 54.9 Å². The number of halogens is 3. The van der Waals surface area contributed by atoms with Crippen LogP contribution < -0.4 is 5.32 Å². The lowest BCUT2D eigenvalue weighted by atomic mass is 10.4. The highest BCUT2D eigenvalue weighted by molar-refractivity contribution is 5.90. The molecular weight excluding hydrogens is 259 g/mol. The molecule has 0 spiro atoms. The first kappa shape index (κ1) is 17.1. The fourth-order valence-corrected chi connectivity index (χ4v) is 0.975. The molecule has 1 heterocycles. The Bertz CT molecular complexity index is 430. The van der Waals surface area contributed by atoms with Crippen molar-refractivity contribution in [3.8, 4) is 0 Å². The maximum Gasteiger partial charge on any atom is 0.433 e. The summed E-state index contributed by atoms with van der Waals surface area (Å²) in [6, 6.07) is 0.711. The Morgan fingerprint density at radius 3 is 2.58 bits per heavy atom. The maximum atomic E-state index is 12.3. The zero-order valence-electron chi connectivity index (χ0n) is 11.0. The maximum absolute atomic E-state index is 12.3. The Hall–Kier alpha value is -1.92. The summed E-state index contributed by atoms with van der Waals surface area (Å²) < 4.78 is 36.9. The van der Waals surface area contributed by atoms with Crippen molar-refractivity contribution in [3.05, 3.63) is 35.9 Å². The minimum Gasteiger partial charge on any atom is -0.346 e. The van der Waals surface area contributed by atoms with Gasteiger partial charge in [0.05, 0.1) is 0 Å². The summed E-state index contributed by atoms with van der Waals surface area (Å²) in [7, 11) is 0. The van der Waals surface area contributed by atoms with Gasteiger partial charge in [-0.25, -0.2) is 9.97 Å². The van der Waals surface area contributed by atoms with Gasteiger partial charge in [0.15, 0.2) is 0 Å². The number of rotatable bonds is 3. The largest absolute Gasteiger partial charge is 0.433 e. The molecule has 1 rings (SSSR count). The number of carbonyl (C=O) groups is 1. The monoisotopic (exact) mass is 275 g/mol. The Labute approximate surface area is 109 Å². The van der Waals surface area contributed by atoms with Gasteiger partial charge in [-0.3, -0.25) is 4.79 Å². The molecule has 0 bridgehead atoms. The molecule has 1 aromatic rings. The van der Waals surface area contributed by atoms with Gasteiger partial charge in [0.25, 0.3) is 5.91 Å². The lowest BCUT2D eigenvalue weighted by Gasteiger charge is -2.06. The van der Waals surface area contributed by atoms with Gasteiger partial charge in [0, 0.05) is 12.7 Å². The minimum absolute atomic E-state index is 0.217. The van der Waals surface area contributed by atoms with Crippen LogP contribution in [-0.2, 0) is 6.18 Å². The van der Waals surface area contributed by atoms with Gasteiger partial charge in [-0.2, -0.15) is 13.2 Å². The average molecular weight is 275 g/mol. The SMILES string of the molecule is C/C=C/CNC(=O)c1nccc(C(F)(F)F)n1.CC. The molecule has 7 heteroatoms. The van der Waals surface area contributed by atoms with Crippen LogP contribution in [0.1, 0.15) is 37.1 Å². The second-order valence-electron chi connectivity index (χ2n) is 3.04. The lowest BCUT2D eigenvalue weighted by Crippen LogP contribution is -2.26. The molecule has 0 aliphatic rings. The molecule has 1 aromatic heterocycles. The van der Waals surface area contributed by atoms with Crippen molar-refractivity contribution >= 4 is 5.91 Å². The van der Waals surface area contributed by atoms with Crippen LogP contribution in [0.4, 0.5) is 13.2 Å². The van der Waals surface area contributed by atoms with Gasteiger partial charge in [0.2, 0.25) is 5.82 Å². The van der Waals surface area contributed by atoms with Crippen LogP contribution in [0.15, 0.2) is 24.4 Å². The van der Waals surface area contributed by atoms with Gasteiger partial charge in [-0.15, -0.1) is 0 Å². The van der Waals surface area contributed by atoms with Gasteiger partial charge < -0.3 is 5.32 Å². The second kappa shape index (κ2) is 8.23. The Balaban J connectivity index is 0.00000154. The Morgan fingerprint density at radius 1 is 1.42 bits per heavy atom. The lowest BCUT2D eigenvalue weighted by molar-refractivity contribution is -0.141. The minimum atomic E-state index is -4.58. The highest BCUT2D eigenvalue weighted by Gasteiger charge is 2.33. The third-order valence-corrected chi connectivity index (χ3v) is 1.77. The molecule has 19 heavy (non-hydrogen) atoms. The Morgan fingerprint density at radius 2 is 2.05 bits per heavy atom. The molecule has 0 fully saturated rings. The van der Waals surface area contributed by atoms with Crippen LogP contribution in [-0.4, -0.2) is 22.4 Å². The first-order valence-electron chi connectivity index (χ1n) is 5.74. The van der Waals surface area contributed by atoms with E-state index in [1.807, 2.05) is 13.8 Å². The number of hydrogen-bond acceptors (Lipinski definition) is 3. The molecule has 4 nitrogen and oxygen atoms in total. The first-order chi connectivity index (χ1) is 8.95. The summed E-state index contributed by atoms with van der Waals surface area (Å²) in [6.45, 7) is 5.97. The predicted molar refractivity (Wildman–Crippen MR) is 65.5 cm³/mol.